The summed E-state index contributed by atoms with van der Waals surface area (Å²) in [5.41, 5.74) is 1.55. The molecule has 0 aliphatic heterocycles. The van der Waals surface area contributed by atoms with Crippen molar-refractivity contribution in [3.63, 3.8) is 0 Å². The summed E-state index contributed by atoms with van der Waals surface area (Å²) >= 11 is 0. The van der Waals surface area contributed by atoms with E-state index < -0.39 is 0 Å². The minimum Gasteiger partial charge on any atom is -0.312 e. The second-order valence-corrected chi connectivity index (χ2v) is 5.42. The summed E-state index contributed by atoms with van der Waals surface area (Å²) < 4.78 is 0. The Balaban J connectivity index is 4.79. The second kappa shape index (κ2) is 7.88. The third-order valence-electron chi connectivity index (χ3n) is 4.12. The fourth-order valence-corrected chi connectivity index (χ4v) is 2.14. The van der Waals surface area contributed by atoms with Crippen molar-refractivity contribution in [1.82, 2.24) is 10.2 Å². The molecule has 0 aromatic carbocycles. The Morgan fingerprint density at radius 1 is 1.29 bits per heavy atom. The molecule has 2 unspecified atom stereocenters. The highest BCUT2D eigenvalue weighted by molar-refractivity contribution is 5.04. The molecule has 0 spiro atoms. The van der Waals surface area contributed by atoms with E-state index >= 15 is 0 Å². The Hall–Kier alpha value is -0.340. The molecule has 0 aliphatic rings. The molecule has 2 heteroatoms. The molecule has 0 heterocycles. The van der Waals surface area contributed by atoms with E-state index in [1.807, 2.05) is 0 Å². The molecule has 0 saturated heterocycles. The van der Waals surface area contributed by atoms with Crippen LogP contribution in [0.25, 0.3) is 0 Å². The standard InChI is InChI=1S/C15H32N2/c1-8-11-16-14(12-13(4)9-2)15(5,10-3)17(6)7/h14,16H,4,8-12H2,1-3,5-7H3. The molecule has 0 fully saturated rings. The fraction of sp³-hybridized carbons (Fsp3) is 0.867. The molecule has 0 saturated carbocycles. The highest BCUT2D eigenvalue weighted by atomic mass is 15.2. The minimum absolute atomic E-state index is 0.202. The minimum atomic E-state index is 0.202. The van der Waals surface area contributed by atoms with E-state index in [-0.39, 0.29) is 5.54 Å². The summed E-state index contributed by atoms with van der Waals surface area (Å²) in [6, 6.07) is 0.495. The normalized spacial score (nSPS) is 16.9. The molecule has 0 radical (unpaired) electrons. The SMILES string of the molecule is C=C(CC)CC(NCCC)C(C)(CC)N(C)C. The highest BCUT2D eigenvalue weighted by Gasteiger charge is 2.34. The quantitative estimate of drug-likeness (QED) is 0.621. The molecular formula is C15H32N2. The van der Waals surface area contributed by atoms with E-state index in [0.717, 1.165) is 25.8 Å². The van der Waals surface area contributed by atoms with Crippen LogP contribution in [-0.2, 0) is 0 Å². The van der Waals surface area contributed by atoms with E-state index in [0.29, 0.717) is 6.04 Å². The van der Waals surface area contributed by atoms with Crippen molar-refractivity contribution < 1.29 is 0 Å². The van der Waals surface area contributed by atoms with E-state index in [4.69, 9.17) is 0 Å². The molecule has 1 N–H and O–H groups in total. The van der Waals surface area contributed by atoms with Crippen molar-refractivity contribution in [2.45, 2.75) is 65.0 Å². The molecule has 17 heavy (non-hydrogen) atoms. The van der Waals surface area contributed by atoms with Crippen LogP contribution in [0.15, 0.2) is 12.2 Å². The molecule has 0 aromatic rings. The van der Waals surface area contributed by atoms with Gasteiger partial charge >= 0.3 is 0 Å². The van der Waals surface area contributed by atoms with Crippen molar-refractivity contribution in [1.29, 1.82) is 0 Å². The summed E-state index contributed by atoms with van der Waals surface area (Å²) in [5.74, 6) is 0. The van der Waals surface area contributed by atoms with Crippen LogP contribution in [0.2, 0.25) is 0 Å². The van der Waals surface area contributed by atoms with E-state index in [9.17, 15) is 0 Å². The Labute approximate surface area is 108 Å². The first-order valence-electron chi connectivity index (χ1n) is 6.99. The van der Waals surface area contributed by atoms with Gasteiger partial charge in [-0.25, -0.2) is 0 Å². The van der Waals surface area contributed by atoms with Crippen LogP contribution in [0.5, 0.6) is 0 Å². The first kappa shape index (κ1) is 16.7. The number of hydrogen-bond donors (Lipinski definition) is 1. The van der Waals surface area contributed by atoms with Crippen LogP contribution in [-0.4, -0.2) is 37.1 Å². The van der Waals surface area contributed by atoms with Crippen LogP contribution >= 0.6 is 0 Å². The first-order chi connectivity index (χ1) is 7.92. The molecule has 0 bridgehead atoms. The Bertz CT molecular complexity index is 223. The van der Waals surface area contributed by atoms with Gasteiger partial charge in [0.2, 0.25) is 0 Å². The van der Waals surface area contributed by atoms with E-state index in [2.05, 4.69) is 58.6 Å². The Kier molecular flexibility index (Phi) is 7.73. The first-order valence-corrected chi connectivity index (χ1v) is 6.99. The van der Waals surface area contributed by atoms with Gasteiger partial charge in [-0.05, 0) is 53.2 Å². The number of hydrogen-bond acceptors (Lipinski definition) is 2. The zero-order valence-corrected chi connectivity index (χ0v) is 12.8. The lowest BCUT2D eigenvalue weighted by Crippen LogP contribution is -2.57. The lowest BCUT2D eigenvalue weighted by molar-refractivity contribution is 0.112. The van der Waals surface area contributed by atoms with E-state index in [1.165, 1.54) is 12.0 Å². The molecular weight excluding hydrogens is 208 g/mol. The topological polar surface area (TPSA) is 15.3 Å². The van der Waals surface area contributed by atoms with Crippen molar-refractivity contribution in [2.24, 2.45) is 0 Å². The predicted molar refractivity (Wildman–Crippen MR) is 78.5 cm³/mol. The number of nitrogens with zero attached hydrogens (tertiary/aromatic N) is 1. The highest BCUT2D eigenvalue weighted by Crippen LogP contribution is 2.26. The van der Waals surface area contributed by atoms with Crippen LogP contribution in [0.1, 0.15) is 53.4 Å². The van der Waals surface area contributed by atoms with Gasteiger partial charge in [0.15, 0.2) is 0 Å². The molecule has 0 amide bonds. The van der Waals surface area contributed by atoms with Crippen LogP contribution in [0.4, 0.5) is 0 Å². The van der Waals surface area contributed by atoms with E-state index in [1.54, 1.807) is 0 Å². The summed E-state index contributed by atoms with van der Waals surface area (Å²) in [7, 11) is 4.36. The fourth-order valence-electron chi connectivity index (χ4n) is 2.14. The van der Waals surface area contributed by atoms with Gasteiger partial charge in [0.05, 0.1) is 0 Å². The summed E-state index contributed by atoms with van der Waals surface area (Å²) in [4.78, 5) is 2.35. The Morgan fingerprint density at radius 2 is 1.88 bits per heavy atom. The molecule has 2 nitrogen and oxygen atoms in total. The average molecular weight is 240 g/mol. The van der Waals surface area contributed by atoms with Crippen LogP contribution < -0.4 is 5.32 Å². The smallest absolute Gasteiger partial charge is 0.0328 e. The second-order valence-electron chi connectivity index (χ2n) is 5.42. The van der Waals surface area contributed by atoms with Gasteiger partial charge in [0.1, 0.15) is 0 Å². The summed E-state index contributed by atoms with van der Waals surface area (Å²) in [6.07, 6.45) is 4.50. The lowest BCUT2D eigenvalue weighted by Gasteiger charge is -2.43. The van der Waals surface area contributed by atoms with Crippen LogP contribution in [0.3, 0.4) is 0 Å². The van der Waals surface area contributed by atoms with Crippen molar-refractivity contribution in [2.75, 3.05) is 20.6 Å². The third kappa shape index (κ3) is 4.81. The summed E-state index contributed by atoms with van der Waals surface area (Å²) in [5, 5.41) is 3.70. The summed E-state index contributed by atoms with van der Waals surface area (Å²) in [6.45, 7) is 14.3. The number of likely N-dealkylation sites (N-methyl/N-ethyl adjacent to an activating group) is 1. The zero-order chi connectivity index (χ0) is 13.5. The molecule has 0 rings (SSSR count). The van der Waals surface area contributed by atoms with Gasteiger partial charge < -0.3 is 10.2 Å². The van der Waals surface area contributed by atoms with Gasteiger partial charge in [-0.1, -0.05) is 32.9 Å². The van der Waals surface area contributed by atoms with Crippen LogP contribution in [0, 0.1) is 0 Å². The molecule has 102 valence electrons. The van der Waals surface area contributed by atoms with Crippen molar-refractivity contribution >= 4 is 0 Å². The molecule has 0 aliphatic carbocycles. The molecule has 2 atom stereocenters. The van der Waals surface area contributed by atoms with Gasteiger partial charge in [0, 0.05) is 11.6 Å². The number of rotatable bonds is 9. The van der Waals surface area contributed by atoms with Gasteiger partial charge in [-0.3, -0.25) is 0 Å². The molecule has 0 aromatic heterocycles. The maximum Gasteiger partial charge on any atom is 0.0328 e. The Morgan fingerprint density at radius 3 is 2.24 bits per heavy atom. The zero-order valence-electron chi connectivity index (χ0n) is 12.8. The van der Waals surface area contributed by atoms with Gasteiger partial charge in [0.25, 0.3) is 0 Å². The average Bonchev–Trinajstić information content (AvgIpc) is 2.32. The lowest BCUT2D eigenvalue weighted by atomic mass is 9.83. The predicted octanol–water partition coefficient (Wildman–Crippen LogP) is 3.44. The van der Waals surface area contributed by atoms with Crippen molar-refractivity contribution in [3.05, 3.63) is 12.2 Å². The maximum absolute atomic E-state index is 4.17. The number of nitrogens with one attached hydrogen (secondary N) is 1. The van der Waals surface area contributed by atoms with Crippen molar-refractivity contribution in [3.8, 4) is 0 Å². The maximum atomic E-state index is 4.17. The monoisotopic (exact) mass is 240 g/mol. The van der Waals surface area contributed by atoms with Gasteiger partial charge in [-0.2, -0.15) is 0 Å². The van der Waals surface area contributed by atoms with Gasteiger partial charge in [-0.15, -0.1) is 0 Å². The largest absolute Gasteiger partial charge is 0.312 e. The third-order valence-corrected chi connectivity index (χ3v) is 4.12.